The molecule has 7 heteroatoms. The van der Waals surface area contributed by atoms with Gasteiger partial charge in [-0.25, -0.2) is 0 Å². The number of imidazole rings is 1. The molecule has 2 aromatic heterocycles. The second kappa shape index (κ2) is 6.00. The van der Waals surface area contributed by atoms with E-state index in [1.54, 1.807) is 18.4 Å². The van der Waals surface area contributed by atoms with Crippen LogP contribution in [0.25, 0.3) is 16.0 Å². The summed E-state index contributed by atoms with van der Waals surface area (Å²) < 4.78 is 7.81. The van der Waals surface area contributed by atoms with Crippen molar-refractivity contribution in [2.75, 3.05) is 7.11 Å². The summed E-state index contributed by atoms with van der Waals surface area (Å²) in [5.41, 5.74) is 2.58. The van der Waals surface area contributed by atoms with Crippen LogP contribution in [0, 0.1) is 4.77 Å². The lowest BCUT2D eigenvalue weighted by atomic mass is 10.0. The average Bonchev–Trinajstić information content (AvgIpc) is 2.92. The third-order valence-electron chi connectivity index (χ3n) is 4.44. The lowest BCUT2D eigenvalue weighted by Gasteiger charge is -2.29. The number of benzene rings is 1. The van der Waals surface area contributed by atoms with Gasteiger partial charge in [-0.3, -0.25) is 9.36 Å². The second-order valence-electron chi connectivity index (χ2n) is 6.70. The number of ether oxygens (including phenoxy) is 1. The van der Waals surface area contributed by atoms with Crippen LogP contribution in [0.4, 0.5) is 0 Å². The Bertz CT molecular complexity index is 1070. The molecule has 1 aliphatic rings. The topological polar surface area (TPSA) is 47.0 Å². The molecule has 0 radical (unpaired) electrons. The van der Waals surface area contributed by atoms with Gasteiger partial charge in [-0.2, -0.15) is 0 Å². The third kappa shape index (κ3) is 2.84. The first-order chi connectivity index (χ1) is 11.9. The van der Waals surface area contributed by atoms with Crippen LogP contribution >= 0.6 is 35.3 Å². The van der Waals surface area contributed by atoms with Crippen LogP contribution in [0.15, 0.2) is 29.1 Å². The molecule has 0 unspecified atom stereocenters. The van der Waals surface area contributed by atoms with Crippen molar-refractivity contribution >= 4 is 45.7 Å². The predicted molar refractivity (Wildman–Crippen MR) is 108 cm³/mol. The maximum Gasteiger partial charge on any atom is 0.209 e. The van der Waals surface area contributed by atoms with E-state index < -0.39 is 0 Å². The minimum atomic E-state index is 0.0930. The van der Waals surface area contributed by atoms with Crippen molar-refractivity contribution in [1.82, 2.24) is 9.55 Å². The van der Waals surface area contributed by atoms with Gasteiger partial charge in [0.05, 0.1) is 7.11 Å². The van der Waals surface area contributed by atoms with Crippen LogP contribution in [0.3, 0.4) is 0 Å². The van der Waals surface area contributed by atoms with Gasteiger partial charge >= 0.3 is 0 Å². The van der Waals surface area contributed by atoms with E-state index in [0.717, 1.165) is 38.9 Å². The molecule has 1 aliphatic heterocycles. The third-order valence-corrected chi connectivity index (χ3v) is 7.48. The second-order valence-corrected chi connectivity index (χ2v) is 9.85. The molecule has 1 aromatic carbocycles. The average molecular weight is 391 g/mol. The lowest BCUT2D eigenvalue weighted by Crippen LogP contribution is -2.28. The number of fused-ring (bicyclic) bond motifs is 2. The summed E-state index contributed by atoms with van der Waals surface area (Å²) in [6.45, 7) is 4.39. The van der Waals surface area contributed by atoms with Crippen LogP contribution in [0.1, 0.15) is 24.3 Å². The molecule has 3 aromatic rings. The van der Waals surface area contributed by atoms with Crippen molar-refractivity contribution < 1.29 is 4.74 Å². The normalized spacial score (nSPS) is 16.0. The van der Waals surface area contributed by atoms with E-state index >= 15 is 0 Å². The van der Waals surface area contributed by atoms with E-state index in [-0.39, 0.29) is 10.2 Å². The van der Waals surface area contributed by atoms with Crippen LogP contribution < -0.4 is 10.2 Å². The summed E-state index contributed by atoms with van der Waals surface area (Å²) in [5, 5.41) is 0. The molecule has 3 heterocycles. The van der Waals surface area contributed by atoms with E-state index in [2.05, 4.69) is 18.8 Å². The maximum absolute atomic E-state index is 13.0. The Kier molecular flexibility index (Phi) is 4.05. The molecular formula is C18H18N2O2S3. The maximum atomic E-state index is 13.0. The highest BCUT2D eigenvalue weighted by Gasteiger charge is 2.30. The number of rotatable bonds is 2. The SMILES string of the molecule is COc1ccc(-n2c(=S)[nH]c3c(=O)c4c(sc32)CSC(C)(C)C4)cc1. The number of hydrogen-bond donors (Lipinski definition) is 1. The Hall–Kier alpha value is -1.57. The molecule has 4 nitrogen and oxygen atoms in total. The van der Waals surface area contributed by atoms with Crippen LogP contribution in [0.5, 0.6) is 5.75 Å². The summed E-state index contributed by atoms with van der Waals surface area (Å²) in [7, 11) is 1.64. The van der Waals surface area contributed by atoms with Gasteiger partial charge in [-0.15, -0.1) is 23.1 Å². The number of hydrogen-bond acceptors (Lipinski definition) is 5. The zero-order valence-corrected chi connectivity index (χ0v) is 16.7. The van der Waals surface area contributed by atoms with Gasteiger partial charge < -0.3 is 9.72 Å². The molecule has 0 spiro atoms. The Morgan fingerprint density at radius 2 is 2.00 bits per heavy atom. The fourth-order valence-electron chi connectivity index (χ4n) is 3.13. The van der Waals surface area contributed by atoms with Gasteiger partial charge in [-0.05, 0) is 42.9 Å². The van der Waals surface area contributed by atoms with Crippen LogP contribution in [-0.4, -0.2) is 21.4 Å². The van der Waals surface area contributed by atoms with E-state index in [0.29, 0.717) is 10.3 Å². The monoisotopic (exact) mass is 390 g/mol. The number of aromatic nitrogens is 2. The summed E-state index contributed by atoms with van der Waals surface area (Å²) in [5.74, 6) is 1.66. The fraction of sp³-hybridized carbons (Fsp3) is 0.333. The molecule has 1 N–H and O–H groups in total. The lowest BCUT2D eigenvalue weighted by molar-refractivity contribution is 0.415. The van der Waals surface area contributed by atoms with E-state index in [1.165, 1.54) is 0 Å². The molecule has 4 rings (SSSR count). The largest absolute Gasteiger partial charge is 0.497 e. The summed E-state index contributed by atoms with van der Waals surface area (Å²) in [6, 6.07) is 7.71. The highest BCUT2D eigenvalue weighted by atomic mass is 32.2. The first kappa shape index (κ1) is 16.9. The molecule has 25 heavy (non-hydrogen) atoms. The quantitative estimate of drug-likeness (QED) is 0.645. The molecular weight excluding hydrogens is 372 g/mol. The van der Waals surface area contributed by atoms with Gasteiger partial charge in [0.1, 0.15) is 16.1 Å². The number of nitrogens with zero attached hydrogens (tertiary/aromatic N) is 1. The smallest absolute Gasteiger partial charge is 0.209 e. The summed E-state index contributed by atoms with van der Waals surface area (Å²) in [6.07, 6.45) is 0.798. The number of nitrogens with one attached hydrogen (secondary N) is 1. The van der Waals surface area contributed by atoms with Crippen molar-refractivity contribution in [2.45, 2.75) is 30.8 Å². The highest BCUT2D eigenvalue weighted by Crippen LogP contribution is 2.40. The van der Waals surface area contributed by atoms with Crippen molar-refractivity contribution in [3.05, 3.63) is 49.7 Å². The molecule has 0 saturated heterocycles. The number of H-pyrrole nitrogens is 1. The molecule has 0 bridgehead atoms. The Balaban J connectivity index is 1.95. The Morgan fingerprint density at radius 1 is 1.28 bits per heavy atom. The standard InChI is InChI=1S/C18H18N2O2S3/c1-18(2)8-12-13(9-24-18)25-16-14(15(12)21)19-17(23)20(16)10-4-6-11(22-3)7-5-10/h4-7H,8-9H2,1-3H3,(H,19,23). The van der Waals surface area contributed by atoms with E-state index in [1.807, 2.05) is 40.6 Å². The minimum absolute atomic E-state index is 0.0930. The predicted octanol–water partition coefficient (Wildman–Crippen LogP) is 4.69. The molecule has 0 saturated carbocycles. The molecule has 0 aliphatic carbocycles. The van der Waals surface area contributed by atoms with Crippen molar-refractivity contribution in [2.24, 2.45) is 0 Å². The van der Waals surface area contributed by atoms with Crippen LogP contribution in [0.2, 0.25) is 0 Å². The number of thioether (sulfide) groups is 1. The van der Waals surface area contributed by atoms with E-state index in [9.17, 15) is 4.79 Å². The summed E-state index contributed by atoms with van der Waals surface area (Å²) >= 11 is 9.09. The minimum Gasteiger partial charge on any atom is -0.497 e. The van der Waals surface area contributed by atoms with Crippen molar-refractivity contribution in [3.8, 4) is 11.4 Å². The first-order valence-corrected chi connectivity index (χ1v) is 10.2. The zero-order valence-electron chi connectivity index (χ0n) is 14.2. The van der Waals surface area contributed by atoms with Gasteiger partial charge in [0.2, 0.25) is 5.43 Å². The van der Waals surface area contributed by atoms with Crippen molar-refractivity contribution in [3.63, 3.8) is 0 Å². The fourth-order valence-corrected chi connectivity index (χ4v) is 5.89. The number of aromatic amines is 1. The highest BCUT2D eigenvalue weighted by molar-refractivity contribution is 8.00. The van der Waals surface area contributed by atoms with Gasteiger partial charge in [0.25, 0.3) is 0 Å². The van der Waals surface area contributed by atoms with Gasteiger partial charge in [0.15, 0.2) is 4.77 Å². The Morgan fingerprint density at radius 3 is 2.68 bits per heavy atom. The summed E-state index contributed by atoms with van der Waals surface area (Å²) in [4.78, 5) is 18.2. The molecule has 0 amide bonds. The van der Waals surface area contributed by atoms with Crippen LogP contribution in [-0.2, 0) is 12.2 Å². The van der Waals surface area contributed by atoms with E-state index in [4.69, 9.17) is 17.0 Å². The molecule has 130 valence electrons. The molecule has 0 fully saturated rings. The van der Waals surface area contributed by atoms with Crippen molar-refractivity contribution in [1.29, 1.82) is 0 Å². The number of methoxy groups -OCH3 is 1. The van der Waals surface area contributed by atoms with Gasteiger partial charge in [-0.1, -0.05) is 13.8 Å². The zero-order chi connectivity index (χ0) is 17.8. The first-order valence-electron chi connectivity index (χ1n) is 7.97. The Labute approximate surface area is 158 Å². The van der Waals surface area contributed by atoms with Gasteiger partial charge in [0, 0.05) is 26.6 Å². The molecule has 0 atom stereocenters.